The number of imidazole rings is 1. The minimum atomic E-state index is -1.44. The minimum absolute atomic E-state index is 0.0265. The molecule has 0 bridgehead atoms. The first-order valence-corrected chi connectivity index (χ1v) is 13.1. The van der Waals surface area contributed by atoms with Crippen molar-refractivity contribution < 1.29 is 34.0 Å². The van der Waals surface area contributed by atoms with Crippen molar-refractivity contribution in [3.8, 4) is 11.8 Å². The van der Waals surface area contributed by atoms with Gasteiger partial charge in [0.2, 0.25) is 5.82 Å². The first-order valence-electron chi connectivity index (χ1n) is 13.1. The number of nitrogens with zero attached hydrogens (tertiary/aromatic N) is 5. The third-order valence-electron chi connectivity index (χ3n) is 6.54. The summed E-state index contributed by atoms with van der Waals surface area (Å²) in [5, 5.41) is 23.8. The zero-order chi connectivity index (χ0) is 28.9. The van der Waals surface area contributed by atoms with Gasteiger partial charge in [-0.25, -0.2) is 19.7 Å². The van der Waals surface area contributed by atoms with Gasteiger partial charge < -0.3 is 40.4 Å². The Morgan fingerprint density at radius 3 is 2.73 bits per heavy atom. The number of nitrogens with two attached hydrogens (primary N) is 1. The van der Waals surface area contributed by atoms with Crippen molar-refractivity contribution in [1.29, 1.82) is 0 Å². The van der Waals surface area contributed by atoms with Crippen LogP contribution in [0.1, 0.15) is 30.5 Å². The lowest BCUT2D eigenvalue weighted by atomic mass is 10.1. The van der Waals surface area contributed by atoms with Gasteiger partial charge in [0.05, 0.1) is 26.1 Å². The number of aliphatic hydroxyl groups is 2. The first kappa shape index (κ1) is 28.2. The van der Waals surface area contributed by atoms with Crippen LogP contribution >= 0.6 is 0 Å². The summed E-state index contributed by atoms with van der Waals surface area (Å²) >= 11 is 0. The molecule has 1 saturated carbocycles. The van der Waals surface area contributed by atoms with Gasteiger partial charge in [0.15, 0.2) is 23.8 Å². The highest BCUT2D eigenvalue weighted by Crippen LogP contribution is 2.33. The number of hydrogen-bond donors (Lipinski definition) is 4. The smallest absolute Gasteiger partial charge is 0.410 e. The molecule has 216 valence electrons. The van der Waals surface area contributed by atoms with Crippen molar-refractivity contribution in [2.75, 3.05) is 32.5 Å². The zero-order valence-electron chi connectivity index (χ0n) is 22.3. The molecule has 4 atom stereocenters. The van der Waals surface area contributed by atoms with E-state index in [0.29, 0.717) is 6.61 Å². The van der Waals surface area contributed by atoms with Crippen LogP contribution in [0.2, 0.25) is 0 Å². The van der Waals surface area contributed by atoms with Gasteiger partial charge in [-0.15, -0.1) is 0 Å². The second-order valence-corrected chi connectivity index (χ2v) is 9.78. The fourth-order valence-electron chi connectivity index (χ4n) is 4.16. The summed E-state index contributed by atoms with van der Waals surface area (Å²) in [5.74, 6) is 5.15. The minimum Gasteiger partial charge on any atom is -0.447 e. The molecule has 3 aromatic rings. The molecule has 3 heterocycles. The lowest BCUT2D eigenvalue weighted by Gasteiger charge is -2.16. The van der Waals surface area contributed by atoms with E-state index in [9.17, 15) is 19.8 Å². The summed E-state index contributed by atoms with van der Waals surface area (Å²) in [5.41, 5.74) is 7.52. The summed E-state index contributed by atoms with van der Waals surface area (Å²) in [4.78, 5) is 38.7. The molecule has 1 aliphatic heterocycles. The zero-order valence-corrected chi connectivity index (χ0v) is 22.3. The Morgan fingerprint density at radius 1 is 1.20 bits per heavy atom. The van der Waals surface area contributed by atoms with Crippen molar-refractivity contribution in [3.05, 3.63) is 48.0 Å². The van der Waals surface area contributed by atoms with Crippen LogP contribution in [0.25, 0.3) is 11.2 Å². The molecule has 1 saturated heterocycles. The van der Waals surface area contributed by atoms with E-state index >= 15 is 0 Å². The first-order chi connectivity index (χ1) is 19.8. The Hall–Kier alpha value is -4.29. The number of hydrogen-bond acceptors (Lipinski definition) is 11. The number of amides is 2. The van der Waals surface area contributed by atoms with Crippen molar-refractivity contribution >= 4 is 29.0 Å². The van der Waals surface area contributed by atoms with Crippen LogP contribution < -0.4 is 11.1 Å². The predicted octanol–water partition coefficient (Wildman–Crippen LogP) is -0.0570. The van der Waals surface area contributed by atoms with E-state index in [-0.39, 0.29) is 48.6 Å². The van der Waals surface area contributed by atoms with Crippen LogP contribution in [0.5, 0.6) is 0 Å². The molecule has 1 unspecified atom stereocenters. The number of nitrogens with one attached hydrogen (secondary N) is 1. The molecule has 14 nitrogen and oxygen atoms in total. The molecule has 2 aliphatic rings. The number of carbonyl (C=O) groups is 2. The van der Waals surface area contributed by atoms with Crippen LogP contribution in [0, 0.1) is 11.8 Å². The lowest BCUT2D eigenvalue weighted by molar-refractivity contribution is -0.137. The molecule has 0 spiro atoms. The number of ether oxygens (including phenoxy) is 3. The van der Waals surface area contributed by atoms with E-state index in [0.717, 1.165) is 18.4 Å². The lowest BCUT2D eigenvalue weighted by Crippen LogP contribution is -2.43. The average molecular weight is 566 g/mol. The van der Waals surface area contributed by atoms with Gasteiger partial charge in [0.1, 0.15) is 24.3 Å². The van der Waals surface area contributed by atoms with E-state index in [1.54, 1.807) is 0 Å². The van der Waals surface area contributed by atoms with Gasteiger partial charge in [-0.05, 0) is 24.3 Å². The number of rotatable bonds is 9. The van der Waals surface area contributed by atoms with Crippen molar-refractivity contribution in [1.82, 2.24) is 29.7 Å². The van der Waals surface area contributed by atoms with Crippen molar-refractivity contribution in [3.63, 3.8) is 0 Å². The topological polar surface area (TPSA) is 187 Å². The highest BCUT2D eigenvalue weighted by Gasteiger charge is 2.48. The monoisotopic (exact) mass is 565 g/mol. The standard InChI is InChI=1S/C27H31N7O7/c1-33(27(38)40-13-12-39-14-16-6-3-2-4-7-16)11-5-8-18-31-23(28)19-24(32-18)34(15-29-19)26-21(36)20(35)22(41-26)25(37)30-17-9-10-17/h2-4,6-7,15,17,20-22,26,35-36H,9-14H2,1H3,(H,30,37)(H2,28,31,32)/t20-,21?,22+,26-/m1/s1. The maximum atomic E-state index is 12.5. The molecule has 2 fully saturated rings. The van der Waals surface area contributed by atoms with E-state index in [2.05, 4.69) is 32.1 Å². The fraction of sp³-hybridized carbons (Fsp3) is 0.444. The number of aliphatic hydroxyl groups excluding tert-OH is 2. The highest BCUT2D eigenvalue weighted by atomic mass is 16.6. The Bertz CT molecular complexity index is 1450. The summed E-state index contributed by atoms with van der Waals surface area (Å²) < 4.78 is 17.8. The van der Waals surface area contributed by atoms with Gasteiger partial charge in [-0.3, -0.25) is 9.36 Å². The molecule has 1 aromatic carbocycles. The number of anilines is 1. The van der Waals surface area contributed by atoms with Crippen LogP contribution in [-0.2, 0) is 25.6 Å². The fourth-order valence-corrected chi connectivity index (χ4v) is 4.16. The number of fused-ring (bicyclic) bond motifs is 1. The van der Waals surface area contributed by atoms with Crippen molar-refractivity contribution in [2.24, 2.45) is 0 Å². The number of nitrogen functional groups attached to an aromatic ring is 1. The predicted molar refractivity (Wildman–Crippen MR) is 144 cm³/mol. The van der Waals surface area contributed by atoms with E-state index in [1.165, 1.54) is 22.8 Å². The number of carbonyl (C=O) groups excluding carboxylic acids is 2. The van der Waals surface area contributed by atoms with Crippen molar-refractivity contribution in [2.45, 2.75) is 50.0 Å². The molecular weight excluding hydrogens is 534 g/mol. The van der Waals surface area contributed by atoms with Crippen LogP contribution in [-0.4, -0.2) is 97.8 Å². The van der Waals surface area contributed by atoms with E-state index in [1.807, 2.05) is 30.3 Å². The maximum Gasteiger partial charge on any atom is 0.410 e. The molecule has 41 heavy (non-hydrogen) atoms. The van der Waals surface area contributed by atoms with Crippen LogP contribution in [0.3, 0.4) is 0 Å². The number of benzene rings is 1. The maximum absolute atomic E-state index is 12.5. The third kappa shape index (κ3) is 6.72. The second-order valence-electron chi connectivity index (χ2n) is 9.78. The van der Waals surface area contributed by atoms with Crippen LogP contribution in [0.4, 0.5) is 10.6 Å². The Morgan fingerprint density at radius 2 is 1.98 bits per heavy atom. The van der Waals surface area contributed by atoms with Gasteiger partial charge in [0.25, 0.3) is 5.91 Å². The van der Waals surface area contributed by atoms with Crippen LogP contribution in [0.15, 0.2) is 36.7 Å². The largest absolute Gasteiger partial charge is 0.447 e. The molecule has 5 rings (SSSR count). The third-order valence-corrected chi connectivity index (χ3v) is 6.54. The molecule has 1 aliphatic carbocycles. The summed E-state index contributed by atoms with van der Waals surface area (Å²) in [6.07, 6.45) is -2.75. The van der Waals surface area contributed by atoms with Gasteiger partial charge in [-0.1, -0.05) is 36.3 Å². The average Bonchev–Trinajstić information content (AvgIpc) is 3.60. The molecule has 2 aromatic heterocycles. The molecule has 2 amide bonds. The molecule has 14 heteroatoms. The Labute approximate surface area is 235 Å². The highest BCUT2D eigenvalue weighted by molar-refractivity contribution is 5.83. The summed E-state index contributed by atoms with van der Waals surface area (Å²) in [6, 6.07) is 9.74. The van der Waals surface area contributed by atoms with Gasteiger partial charge in [0, 0.05) is 13.1 Å². The summed E-state index contributed by atoms with van der Waals surface area (Å²) in [6.45, 7) is 0.799. The SMILES string of the molecule is CN(CC#Cc1nc(N)c2ncn([C@@H]3O[C@H](C(=O)NC4CC4)[C@H](O)C3O)c2n1)C(=O)OCCOCc1ccccc1. The quantitative estimate of drug-likeness (QED) is 0.201. The molecular formula is C27H31N7O7. The second kappa shape index (κ2) is 12.5. The molecule has 5 N–H and O–H groups in total. The molecule has 0 radical (unpaired) electrons. The summed E-state index contributed by atoms with van der Waals surface area (Å²) in [7, 11) is 1.54. The Kier molecular flexibility index (Phi) is 8.60. The number of aromatic nitrogens is 4. The van der Waals surface area contributed by atoms with E-state index in [4.69, 9.17) is 19.9 Å². The van der Waals surface area contributed by atoms with Gasteiger partial charge in [-0.2, -0.15) is 0 Å². The van der Waals surface area contributed by atoms with Gasteiger partial charge >= 0.3 is 6.09 Å². The normalized spacial score (nSPS) is 21.7. The van der Waals surface area contributed by atoms with E-state index < -0.39 is 36.5 Å². The Balaban J connectivity index is 1.17.